The number of hydrogen-bond acceptors (Lipinski definition) is 8. The molecule has 8 heteroatoms. The van der Waals surface area contributed by atoms with Crippen molar-refractivity contribution < 1.29 is 9.47 Å². The molecule has 1 saturated heterocycles. The molecular formula is C22H22N6O2. The van der Waals surface area contributed by atoms with Crippen LogP contribution in [0.4, 0.5) is 5.82 Å². The van der Waals surface area contributed by atoms with E-state index in [4.69, 9.17) is 15.2 Å². The largest absolute Gasteiger partial charge is 0.438 e. The van der Waals surface area contributed by atoms with Crippen molar-refractivity contribution in [2.45, 2.75) is 6.42 Å². The van der Waals surface area contributed by atoms with E-state index in [0.717, 1.165) is 30.9 Å². The van der Waals surface area contributed by atoms with Crippen molar-refractivity contribution in [2.75, 3.05) is 37.7 Å². The van der Waals surface area contributed by atoms with Gasteiger partial charge in [0.15, 0.2) is 0 Å². The Kier molecular flexibility index (Phi) is 6.13. The number of nitrogens with two attached hydrogens (primary N) is 1. The summed E-state index contributed by atoms with van der Waals surface area (Å²) in [7, 11) is 0. The van der Waals surface area contributed by atoms with E-state index in [1.807, 2.05) is 18.2 Å². The van der Waals surface area contributed by atoms with Crippen molar-refractivity contribution in [3.05, 3.63) is 60.0 Å². The molecule has 1 aliphatic rings. The van der Waals surface area contributed by atoms with Crippen molar-refractivity contribution in [3.63, 3.8) is 0 Å². The van der Waals surface area contributed by atoms with Crippen LogP contribution >= 0.6 is 0 Å². The highest BCUT2D eigenvalue weighted by Crippen LogP contribution is 2.32. The van der Waals surface area contributed by atoms with Crippen LogP contribution in [0, 0.1) is 11.3 Å². The molecule has 152 valence electrons. The van der Waals surface area contributed by atoms with Gasteiger partial charge in [-0.25, -0.2) is 9.97 Å². The molecule has 4 rings (SSSR count). The zero-order chi connectivity index (χ0) is 20.8. The molecule has 3 aromatic heterocycles. The van der Waals surface area contributed by atoms with E-state index in [-0.39, 0.29) is 5.69 Å². The monoisotopic (exact) mass is 402 g/mol. The molecule has 2 N–H and O–H groups in total. The third-order valence-corrected chi connectivity index (χ3v) is 4.78. The van der Waals surface area contributed by atoms with Crippen molar-refractivity contribution in [1.82, 2.24) is 15.0 Å². The van der Waals surface area contributed by atoms with Gasteiger partial charge < -0.3 is 20.1 Å². The van der Waals surface area contributed by atoms with E-state index in [1.54, 1.807) is 30.6 Å². The Morgan fingerprint density at radius 1 is 1.13 bits per heavy atom. The Morgan fingerprint density at radius 3 is 2.73 bits per heavy atom. The average Bonchev–Trinajstić information content (AvgIpc) is 2.81. The lowest BCUT2D eigenvalue weighted by molar-refractivity contribution is 0.122. The van der Waals surface area contributed by atoms with Crippen molar-refractivity contribution in [3.8, 4) is 29.0 Å². The smallest absolute Gasteiger partial charge is 0.229 e. The van der Waals surface area contributed by atoms with E-state index in [0.29, 0.717) is 42.6 Å². The first-order valence-corrected chi connectivity index (χ1v) is 9.80. The molecule has 0 aliphatic carbocycles. The van der Waals surface area contributed by atoms with E-state index in [9.17, 15) is 5.26 Å². The standard InChI is InChI=1S/C22H22N6O2/c23-7-5-16-1-4-20(26-15-16)19-3-2-17(14-24)27-22(19)30-18-6-8-25-21(13-18)28-9-11-29-12-10-28/h1-4,6,8,13,15H,5,7,9-12,23H2. The average molecular weight is 402 g/mol. The number of nitrogens with zero attached hydrogens (tertiary/aromatic N) is 5. The maximum atomic E-state index is 9.28. The van der Waals surface area contributed by atoms with Crippen LogP contribution in [0.25, 0.3) is 11.3 Å². The lowest BCUT2D eigenvalue weighted by Gasteiger charge is -2.27. The molecule has 1 fully saturated rings. The molecule has 0 radical (unpaired) electrons. The first-order chi connectivity index (χ1) is 14.8. The number of pyridine rings is 3. The maximum absolute atomic E-state index is 9.28. The predicted octanol–water partition coefficient (Wildman–Crippen LogP) is 2.54. The summed E-state index contributed by atoms with van der Waals surface area (Å²) in [5.74, 6) is 1.74. The second-order valence-electron chi connectivity index (χ2n) is 6.80. The zero-order valence-electron chi connectivity index (χ0n) is 16.5. The lowest BCUT2D eigenvalue weighted by Crippen LogP contribution is -2.36. The van der Waals surface area contributed by atoms with Gasteiger partial charge in [0.2, 0.25) is 5.88 Å². The van der Waals surface area contributed by atoms with Gasteiger partial charge in [-0.2, -0.15) is 5.26 Å². The minimum atomic E-state index is 0.274. The molecule has 0 saturated carbocycles. The zero-order valence-corrected chi connectivity index (χ0v) is 16.5. The topological polar surface area (TPSA) is 110 Å². The number of hydrogen-bond donors (Lipinski definition) is 1. The van der Waals surface area contributed by atoms with Gasteiger partial charge in [-0.3, -0.25) is 4.98 Å². The second-order valence-corrected chi connectivity index (χ2v) is 6.80. The van der Waals surface area contributed by atoms with E-state index in [2.05, 4.69) is 25.9 Å². The van der Waals surface area contributed by atoms with Crippen LogP contribution in [0.1, 0.15) is 11.3 Å². The molecule has 4 heterocycles. The van der Waals surface area contributed by atoms with Crippen LogP contribution in [0.3, 0.4) is 0 Å². The second kappa shape index (κ2) is 9.31. The fourth-order valence-corrected chi connectivity index (χ4v) is 3.21. The minimum absolute atomic E-state index is 0.274. The summed E-state index contributed by atoms with van der Waals surface area (Å²) in [6.07, 6.45) is 4.27. The number of anilines is 1. The Bertz CT molecular complexity index is 1040. The van der Waals surface area contributed by atoms with Crippen LogP contribution in [0.5, 0.6) is 11.6 Å². The molecule has 1 aliphatic heterocycles. The Morgan fingerprint density at radius 2 is 2.00 bits per heavy atom. The van der Waals surface area contributed by atoms with Crippen LogP contribution < -0.4 is 15.4 Å². The highest BCUT2D eigenvalue weighted by Gasteiger charge is 2.15. The Labute approximate surface area is 174 Å². The third-order valence-electron chi connectivity index (χ3n) is 4.78. The Balaban J connectivity index is 1.64. The van der Waals surface area contributed by atoms with E-state index in [1.165, 1.54) is 0 Å². The number of nitriles is 1. The molecule has 0 bridgehead atoms. The molecular weight excluding hydrogens is 380 g/mol. The summed E-state index contributed by atoms with van der Waals surface area (Å²) in [6.45, 7) is 3.48. The van der Waals surface area contributed by atoms with Crippen molar-refractivity contribution >= 4 is 5.82 Å². The van der Waals surface area contributed by atoms with Gasteiger partial charge in [0.1, 0.15) is 23.3 Å². The summed E-state index contributed by atoms with van der Waals surface area (Å²) in [6, 6.07) is 13.1. The van der Waals surface area contributed by atoms with Gasteiger partial charge in [0.05, 0.1) is 24.5 Å². The van der Waals surface area contributed by atoms with Crippen LogP contribution in [-0.2, 0) is 11.2 Å². The SMILES string of the molecule is N#Cc1ccc(-c2ccc(CCN)cn2)c(Oc2ccnc(N3CCOCC3)c2)n1. The van der Waals surface area contributed by atoms with E-state index >= 15 is 0 Å². The Hall–Kier alpha value is -3.54. The maximum Gasteiger partial charge on any atom is 0.229 e. The third kappa shape index (κ3) is 4.54. The van der Waals surface area contributed by atoms with Gasteiger partial charge in [0, 0.05) is 31.5 Å². The summed E-state index contributed by atoms with van der Waals surface area (Å²) in [5, 5.41) is 9.28. The summed E-state index contributed by atoms with van der Waals surface area (Å²) in [4.78, 5) is 15.5. The molecule has 8 nitrogen and oxygen atoms in total. The van der Waals surface area contributed by atoms with Gasteiger partial charge in [-0.1, -0.05) is 6.07 Å². The molecule has 0 spiro atoms. The molecule has 0 atom stereocenters. The first kappa shape index (κ1) is 19.8. The normalized spacial score (nSPS) is 13.7. The fraction of sp³-hybridized carbons (Fsp3) is 0.273. The fourth-order valence-electron chi connectivity index (χ4n) is 3.21. The molecule has 30 heavy (non-hydrogen) atoms. The van der Waals surface area contributed by atoms with Crippen LogP contribution in [-0.4, -0.2) is 47.8 Å². The van der Waals surface area contributed by atoms with Gasteiger partial charge >= 0.3 is 0 Å². The summed E-state index contributed by atoms with van der Waals surface area (Å²) in [5.41, 5.74) is 8.37. The molecule has 0 unspecified atom stereocenters. The predicted molar refractivity (Wildman–Crippen MR) is 112 cm³/mol. The molecule has 0 aromatic carbocycles. The molecule has 3 aromatic rings. The van der Waals surface area contributed by atoms with Gasteiger partial charge in [-0.15, -0.1) is 0 Å². The van der Waals surface area contributed by atoms with Crippen molar-refractivity contribution in [1.29, 1.82) is 5.26 Å². The van der Waals surface area contributed by atoms with Gasteiger partial charge in [-0.05, 0) is 42.8 Å². The van der Waals surface area contributed by atoms with Crippen molar-refractivity contribution in [2.24, 2.45) is 5.73 Å². The first-order valence-electron chi connectivity index (χ1n) is 9.80. The van der Waals surface area contributed by atoms with E-state index < -0.39 is 0 Å². The summed E-state index contributed by atoms with van der Waals surface area (Å²) >= 11 is 0. The highest BCUT2D eigenvalue weighted by molar-refractivity contribution is 5.66. The van der Waals surface area contributed by atoms with Gasteiger partial charge in [0.25, 0.3) is 0 Å². The molecule has 0 amide bonds. The number of ether oxygens (including phenoxy) is 2. The lowest BCUT2D eigenvalue weighted by atomic mass is 10.1. The quantitative estimate of drug-likeness (QED) is 0.670. The minimum Gasteiger partial charge on any atom is -0.438 e. The number of aromatic nitrogens is 3. The van der Waals surface area contributed by atoms with Crippen LogP contribution in [0.2, 0.25) is 0 Å². The highest BCUT2D eigenvalue weighted by atomic mass is 16.5. The number of morpholine rings is 1. The van der Waals surface area contributed by atoms with Crippen LogP contribution in [0.15, 0.2) is 48.8 Å². The summed E-state index contributed by atoms with van der Waals surface area (Å²) < 4.78 is 11.5. The number of rotatable bonds is 6.